The van der Waals surface area contributed by atoms with Crippen molar-refractivity contribution in [1.82, 2.24) is 15.1 Å². The van der Waals surface area contributed by atoms with Crippen molar-refractivity contribution in [3.63, 3.8) is 0 Å². The molecule has 0 saturated heterocycles. The Morgan fingerprint density at radius 3 is 2.39 bits per heavy atom. The van der Waals surface area contributed by atoms with Gasteiger partial charge in [-0.1, -0.05) is 6.92 Å². The number of likely N-dealkylation sites (N-methyl/N-ethyl adjacent to an activating group) is 1. The maximum Gasteiger partial charge on any atom is 0.241 e. The first-order valence-electron chi connectivity index (χ1n) is 6.73. The number of rotatable bonds is 8. The van der Waals surface area contributed by atoms with Crippen molar-refractivity contribution in [1.29, 1.82) is 0 Å². The molecule has 5 heteroatoms. The van der Waals surface area contributed by atoms with Crippen molar-refractivity contribution >= 4 is 11.8 Å². The predicted molar refractivity (Wildman–Crippen MR) is 71.2 cm³/mol. The molecule has 104 valence electrons. The van der Waals surface area contributed by atoms with Gasteiger partial charge in [0.05, 0.1) is 13.1 Å². The third-order valence-electron chi connectivity index (χ3n) is 3.08. The number of nitrogens with zero attached hydrogens (tertiary/aromatic N) is 2. The van der Waals surface area contributed by atoms with Crippen molar-refractivity contribution in [3.8, 4) is 0 Å². The van der Waals surface area contributed by atoms with Gasteiger partial charge in [-0.25, -0.2) is 0 Å². The maximum absolute atomic E-state index is 12.0. The van der Waals surface area contributed by atoms with Crippen LogP contribution in [0.4, 0.5) is 0 Å². The lowest BCUT2D eigenvalue weighted by atomic mass is 10.3. The zero-order valence-electron chi connectivity index (χ0n) is 11.7. The third-order valence-corrected chi connectivity index (χ3v) is 3.08. The summed E-state index contributed by atoms with van der Waals surface area (Å²) in [7, 11) is 3.42. The van der Waals surface area contributed by atoms with Gasteiger partial charge in [-0.05, 0) is 31.7 Å². The van der Waals surface area contributed by atoms with E-state index in [0.29, 0.717) is 13.1 Å². The molecule has 0 aromatic heterocycles. The first-order valence-corrected chi connectivity index (χ1v) is 6.73. The Morgan fingerprint density at radius 2 is 1.89 bits per heavy atom. The number of carbonyl (C=O) groups excluding carboxylic acids is 2. The van der Waals surface area contributed by atoms with Crippen LogP contribution in [0.5, 0.6) is 0 Å². The van der Waals surface area contributed by atoms with E-state index in [9.17, 15) is 9.59 Å². The summed E-state index contributed by atoms with van der Waals surface area (Å²) in [6, 6.07) is 0. The lowest BCUT2D eigenvalue weighted by molar-refractivity contribution is -0.138. The lowest BCUT2D eigenvalue weighted by Gasteiger charge is -2.23. The van der Waals surface area contributed by atoms with Crippen LogP contribution in [-0.2, 0) is 9.59 Å². The normalized spacial score (nSPS) is 14.4. The molecule has 0 aromatic carbocycles. The van der Waals surface area contributed by atoms with E-state index in [0.717, 1.165) is 18.9 Å². The molecule has 0 heterocycles. The molecule has 5 nitrogen and oxygen atoms in total. The molecule has 1 N–H and O–H groups in total. The molecule has 0 aromatic rings. The summed E-state index contributed by atoms with van der Waals surface area (Å²) in [6.07, 6.45) is 3.42. The van der Waals surface area contributed by atoms with Crippen LogP contribution in [0.15, 0.2) is 0 Å². The second kappa shape index (κ2) is 7.36. The summed E-state index contributed by atoms with van der Waals surface area (Å²) in [5.74, 6) is 0.757. The van der Waals surface area contributed by atoms with Crippen LogP contribution in [-0.4, -0.2) is 61.9 Å². The van der Waals surface area contributed by atoms with Gasteiger partial charge in [0.2, 0.25) is 11.8 Å². The van der Waals surface area contributed by atoms with Crippen LogP contribution >= 0.6 is 0 Å². The number of carbonyl (C=O) groups is 2. The van der Waals surface area contributed by atoms with E-state index in [2.05, 4.69) is 5.32 Å². The van der Waals surface area contributed by atoms with Gasteiger partial charge in [-0.15, -0.1) is 0 Å². The van der Waals surface area contributed by atoms with E-state index in [1.165, 1.54) is 17.7 Å². The minimum Gasteiger partial charge on any atom is -0.347 e. The largest absolute Gasteiger partial charge is 0.347 e. The zero-order chi connectivity index (χ0) is 13.5. The lowest BCUT2D eigenvalue weighted by Crippen LogP contribution is -2.44. The molecule has 1 rings (SSSR count). The van der Waals surface area contributed by atoms with Crippen LogP contribution in [0, 0.1) is 5.92 Å². The molecule has 1 fully saturated rings. The Morgan fingerprint density at radius 1 is 1.22 bits per heavy atom. The Hall–Kier alpha value is -1.10. The van der Waals surface area contributed by atoms with Gasteiger partial charge < -0.3 is 15.1 Å². The highest BCUT2D eigenvalue weighted by molar-refractivity contribution is 5.85. The fourth-order valence-electron chi connectivity index (χ4n) is 1.68. The van der Waals surface area contributed by atoms with Gasteiger partial charge in [0.25, 0.3) is 0 Å². The molecule has 0 unspecified atom stereocenters. The molecule has 0 aliphatic heterocycles. The van der Waals surface area contributed by atoms with Crippen LogP contribution < -0.4 is 5.32 Å². The predicted octanol–water partition coefficient (Wildman–Crippen LogP) is 0.313. The standard InChI is InChI=1S/C13H25N3O2/c1-4-7-16(10-13(18)15(2)3)12(17)9-14-8-11-5-6-11/h11,14H,4-10H2,1-3H3. The average Bonchev–Trinajstić information content (AvgIpc) is 3.12. The van der Waals surface area contributed by atoms with Crippen molar-refractivity contribution in [2.45, 2.75) is 26.2 Å². The minimum atomic E-state index is -0.0287. The van der Waals surface area contributed by atoms with Crippen LogP contribution in [0.1, 0.15) is 26.2 Å². The quantitative estimate of drug-likeness (QED) is 0.679. The van der Waals surface area contributed by atoms with E-state index in [4.69, 9.17) is 0 Å². The Kier molecular flexibility index (Phi) is 6.12. The summed E-state index contributed by atoms with van der Waals surface area (Å²) in [5.41, 5.74) is 0. The van der Waals surface area contributed by atoms with E-state index in [1.54, 1.807) is 19.0 Å². The molecule has 0 bridgehead atoms. The molecule has 1 aliphatic carbocycles. The van der Waals surface area contributed by atoms with Gasteiger partial charge >= 0.3 is 0 Å². The topological polar surface area (TPSA) is 52.7 Å². The number of hydrogen-bond donors (Lipinski definition) is 1. The monoisotopic (exact) mass is 255 g/mol. The zero-order valence-corrected chi connectivity index (χ0v) is 11.7. The van der Waals surface area contributed by atoms with Crippen LogP contribution in [0.2, 0.25) is 0 Å². The minimum absolute atomic E-state index is 0.0210. The molecule has 0 spiro atoms. The molecule has 2 amide bonds. The third kappa shape index (κ3) is 5.49. The highest BCUT2D eigenvalue weighted by Crippen LogP contribution is 2.27. The Balaban J connectivity index is 2.32. The van der Waals surface area contributed by atoms with Crippen molar-refractivity contribution in [3.05, 3.63) is 0 Å². The fourth-order valence-corrected chi connectivity index (χ4v) is 1.68. The highest BCUT2D eigenvalue weighted by Gasteiger charge is 2.22. The van der Waals surface area contributed by atoms with Crippen molar-refractivity contribution in [2.75, 3.05) is 40.3 Å². The van der Waals surface area contributed by atoms with E-state index < -0.39 is 0 Å². The van der Waals surface area contributed by atoms with E-state index in [1.807, 2.05) is 6.92 Å². The summed E-state index contributed by atoms with van der Waals surface area (Å²) < 4.78 is 0. The molecule has 0 radical (unpaired) electrons. The number of hydrogen-bond acceptors (Lipinski definition) is 3. The Labute approximate surface area is 110 Å². The summed E-state index contributed by atoms with van der Waals surface area (Å²) >= 11 is 0. The van der Waals surface area contributed by atoms with Gasteiger partial charge in [0, 0.05) is 20.6 Å². The molecule has 18 heavy (non-hydrogen) atoms. The first-order chi connectivity index (χ1) is 8.54. The summed E-state index contributed by atoms with van der Waals surface area (Å²) in [5, 5.41) is 3.17. The Bertz CT molecular complexity index is 288. The molecule has 1 aliphatic rings. The van der Waals surface area contributed by atoms with Crippen molar-refractivity contribution < 1.29 is 9.59 Å². The number of amides is 2. The van der Waals surface area contributed by atoms with E-state index >= 15 is 0 Å². The van der Waals surface area contributed by atoms with Gasteiger partial charge in [0.15, 0.2) is 0 Å². The summed E-state index contributed by atoms with van der Waals surface area (Å²) in [4.78, 5) is 26.8. The average molecular weight is 255 g/mol. The fraction of sp³-hybridized carbons (Fsp3) is 0.846. The number of nitrogens with one attached hydrogen (secondary N) is 1. The smallest absolute Gasteiger partial charge is 0.241 e. The first kappa shape index (κ1) is 15.0. The molecule has 1 saturated carbocycles. The SMILES string of the molecule is CCCN(CC(=O)N(C)C)C(=O)CNCC1CC1. The molecular weight excluding hydrogens is 230 g/mol. The maximum atomic E-state index is 12.0. The summed E-state index contributed by atoms with van der Waals surface area (Å²) in [6.45, 7) is 4.11. The van der Waals surface area contributed by atoms with Crippen LogP contribution in [0.25, 0.3) is 0 Å². The van der Waals surface area contributed by atoms with Gasteiger partial charge in [-0.2, -0.15) is 0 Å². The molecular formula is C13H25N3O2. The molecule has 0 atom stereocenters. The van der Waals surface area contributed by atoms with Crippen LogP contribution in [0.3, 0.4) is 0 Å². The van der Waals surface area contributed by atoms with Crippen molar-refractivity contribution in [2.24, 2.45) is 5.92 Å². The van der Waals surface area contributed by atoms with Gasteiger partial charge in [0.1, 0.15) is 0 Å². The second-order valence-electron chi connectivity index (χ2n) is 5.18. The van der Waals surface area contributed by atoms with Gasteiger partial charge in [-0.3, -0.25) is 9.59 Å². The van der Waals surface area contributed by atoms with E-state index in [-0.39, 0.29) is 18.4 Å². The highest BCUT2D eigenvalue weighted by atomic mass is 16.2. The second-order valence-corrected chi connectivity index (χ2v) is 5.18.